The van der Waals surface area contributed by atoms with Crippen LogP contribution in [0.4, 0.5) is 5.95 Å². The molecule has 0 fully saturated rings. The predicted molar refractivity (Wildman–Crippen MR) is 70.4 cm³/mol. The Kier molecular flexibility index (Phi) is 3.96. The number of aryl methyl sites for hydroxylation is 1. The molecule has 6 heteroatoms. The first-order valence-corrected chi connectivity index (χ1v) is 5.75. The van der Waals surface area contributed by atoms with E-state index in [1.165, 1.54) is 0 Å². The Balaban J connectivity index is 2.11. The van der Waals surface area contributed by atoms with Gasteiger partial charge in [0.05, 0.1) is 0 Å². The number of hydrogen-bond donors (Lipinski definition) is 2. The van der Waals surface area contributed by atoms with Crippen molar-refractivity contribution in [2.45, 2.75) is 13.5 Å². The van der Waals surface area contributed by atoms with Crippen molar-refractivity contribution < 1.29 is 4.74 Å². The number of hydrazine groups is 1. The second kappa shape index (κ2) is 5.66. The van der Waals surface area contributed by atoms with Crippen molar-refractivity contribution >= 4 is 17.5 Å². The smallest absolute Gasteiger partial charge is 0.240 e. The summed E-state index contributed by atoms with van der Waals surface area (Å²) in [6.07, 6.45) is 0. The average Bonchev–Trinajstić information content (AvgIpc) is 2.37. The molecule has 1 heterocycles. The first-order chi connectivity index (χ1) is 8.69. The van der Waals surface area contributed by atoms with Crippen LogP contribution in [-0.2, 0) is 6.61 Å². The van der Waals surface area contributed by atoms with E-state index >= 15 is 0 Å². The fraction of sp³-hybridized carbons (Fsp3) is 0.167. The molecule has 0 aliphatic carbocycles. The van der Waals surface area contributed by atoms with Crippen molar-refractivity contribution in [3.8, 4) is 5.88 Å². The Morgan fingerprint density at radius 3 is 2.83 bits per heavy atom. The van der Waals surface area contributed by atoms with Gasteiger partial charge >= 0.3 is 0 Å². The van der Waals surface area contributed by atoms with E-state index in [1.807, 2.05) is 31.2 Å². The number of nitrogen functional groups attached to an aromatic ring is 1. The summed E-state index contributed by atoms with van der Waals surface area (Å²) in [4.78, 5) is 8.16. The van der Waals surface area contributed by atoms with Gasteiger partial charge in [-0.05, 0) is 13.0 Å². The molecule has 1 aromatic heterocycles. The molecular weight excluding hydrogens is 252 g/mol. The summed E-state index contributed by atoms with van der Waals surface area (Å²) in [6, 6.07) is 9.23. The molecule has 0 atom stereocenters. The van der Waals surface area contributed by atoms with Gasteiger partial charge in [0, 0.05) is 22.3 Å². The number of benzene rings is 1. The quantitative estimate of drug-likeness (QED) is 0.655. The Morgan fingerprint density at radius 2 is 2.11 bits per heavy atom. The largest absolute Gasteiger partial charge is 0.473 e. The van der Waals surface area contributed by atoms with Gasteiger partial charge in [-0.2, -0.15) is 4.98 Å². The number of anilines is 1. The molecule has 0 aliphatic rings. The van der Waals surface area contributed by atoms with Crippen molar-refractivity contribution in [3.63, 3.8) is 0 Å². The van der Waals surface area contributed by atoms with Crippen LogP contribution in [0.5, 0.6) is 5.88 Å². The minimum atomic E-state index is 0.323. The number of nitrogens with two attached hydrogens (primary N) is 1. The van der Waals surface area contributed by atoms with Crippen molar-refractivity contribution in [2.75, 3.05) is 5.43 Å². The highest BCUT2D eigenvalue weighted by atomic mass is 35.5. The molecule has 0 amide bonds. The number of nitrogens with zero attached hydrogens (tertiary/aromatic N) is 2. The molecule has 0 radical (unpaired) electrons. The summed E-state index contributed by atoms with van der Waals surface area (Å²) in [5.41, 5.74) is 4.06. The van der Waals surface area contributed by atoms with E-state index in [0.717, 1.165) is 11.3 Å². The first kappa shape index (κ1) is 12.6. The Labute approximate surface area is 110 Å². The van der Waals surface area contributed by atoms with E-state index in [4.69, 9.17) is 22.2 Å². The predicted octanol–water partition coefficient (Wildman–Crippen LogP) is 2.30. The third kappa shape index (κ3) is 3.09. The molecule has 0 saturated heterocycles. The third-order valence-corrected chi connectivity index (χ3v) is 2.66. The highest BCUT2D eigenvalue weighted by Crippen LogP contribution is 2.18. The molecule has 94 valence electrons. The molecule has 2 aromatic rings. The minimum absolute atomic E-state index is 0.323. The van der Waals surface area contributed by atoms with Crippen LogP contribution >= 0.6 is 11.6 Å². The lowest BCUT2D eigenvalue weighted by atomic mass is 10.2. The highest BCUT2D eigenvalue weighted by Gasteiger charge is 2.04. The van der Waals surface area contributed by atoms with Crippen molar-refractivity contribution in [1.82, 2.24) is 9.97 Å². The van der Waals surface area contributed by atoms with Gasteiger partial charge in [0.15, 0.2) is 0 Å². The van der Waals surface area contributed by atoms with Gasteiger partial charge in [-0.25, -0.2) is 10.8 Å². The third-order valence-electron chi connectivity index (χ3n) is 2.29. The molecule has 0 aliphatic heterocycles. The van der Waals surface area contributed by atoms with Gasteiger partial charge in [-0.3, -0.25) is 5.43 Å². The van der Waals surface area contributed by atoms with Crippen molar-refractivity contribution in [1.29, 1.82) is 0 Å². The number of ether oxygens (including phenoxy) is 1. The van der Waals surface area contributed by atoms with Crippen LogP contribution < -0.4 is 16.0 Å². The number of halogens is 1. The number of nitrogens with one attached hydrogen (secondary N) is 1. The maximum Gasteiger partial charge on any atom is 0.240 e. The molecule has 0 spiro atoms. The topological polar surface area (TPSA) is 73.1 Å². The van der Waals surface area contributed by atoms with E-state index in [2.05, 4.69) is 15.4 Å². The van der Waals surface area contributed by atoms with Gasteiger partial charge in [0.1, 0.15) is 6.61 Å². The van der Waals surface area contributed by atoms with Crippen LogP contribution in [0.1, 0.15) is 11.3 Å². The lowest BCUT2D eigenvalue weighted by Gasteiger charge is -2.08. The summed E-state index contributed by atoms with van der Waals surface area (Å²) in [6.45, 7) is 2.19. The van der Waals surface area contributed by atoms with Crippen LogP contribution in [-0.4, -0.2) is 9.97 Å². The lowest BCUT2D eigenvalue weighted by Crippen LogP contribution is -2.11. The molecule has 18 heavy (non-hydrogen) atoms. The summed E-state index contributed by atoms with van der Waals surface area (Å²) >= 11 is 6.04. The number of aromatic nitrogens is 2. The fourth-order valence-corrected chi connectivity index (χ4v) is 1.64. The minimum Gasteiger partial charge on any atom is -0.473 e. The van der Waals surface area contributed by atoms with Gasteiger partial charge < -0.3 is 4.74 Å². The van der Waals surface area contributed by atoms with Gasteiger partial charge in [-0.1, -0.05) is 29.8 Å². The normalized spacial score (nSPS) is 10.2. The maximum absolute atomic E-state index is 6.04. The molecule has 1 aromatic carbocycles. The molecule has 0 saturated carbocycles. The van der Waals surface area contributed by atoms with Crippen LogP contribution in [0.25, 0.3) is 0 Å². The summed E-state index contributed by atoms with van der Waals surface area (Å²) in [5.74, 6) is 6.04. The second-order valence-electron chi connectivity index (χ2n) is 3.70. The van der Waals surface area contributed by atoms with E-state index in [9.17, 15) is 0 Å². The highest BCUT2D eigenvalue weighted by molar-refractivity contribution is 6.31. The molecule has 3 N–H and O–H groups in total. The zero-order valence-electron chi connectivity index (χ0n) is 9.85. The summed E-state index contributed by atoms with van der Waals surface area (Å²) < 4.78 is 5.57. The number of hydrogen-bond acceptors (Lipinski definition) is 5. The van der Waals surface area contributed by atoms with Crippen LogP contribution in [0.3, 0.4) is 0 Å². The van der Waals surface area contributed by atoms with Gasteiger partial charge in [0.25, 0.3) is 0 Å². The van der Waals surface area contributed by atoms with Crippen molar-refractivity contribution in [2.24, 2.45) is 5.84 Å². The number of rotatable bonds is 4. The fourth-order valence-electron chi connectivity index (χ4n) is 1.45. The SMILES string of the molecule is Cc1cc(OCc2ccccc2Cl)nc(NN)n1. The molecular formula is C12H13ClN4O. The van der Waals surface area contributed by atoms with Crippen LogP contribution in [0.2, 0.25) is 5.02 Å². The van der Waals surface area contributed by atoms with E-state index < -0.39 is 0 Å². The maximum atomic E-state index is 6.04. The van der Waals surface area contributed by atoms with E-state index in [-0.39, 0.29) is 0 Å². The monoisotopic (exact) mass is 264 g/mol. The van der Waals surface area contributed by atoms with Crippen molar-refractivity contribution in [3.05, 3.63) is 46.6 Å². The summed E-state index contributed by atoms with van der Waals surface area (Å²) in [5, 5.41) is 0.667. The molecule has 0 unspecified atom stereocenters. The Hall–Kier alpha value is -1.85. The van der Waals surface area contributed by atoms with E-state index in [1.54, 1.807) is 6.07 Å². The van der Waals surface area contributed by atoms with Gasteiger partial charge in [-0.15, -0.1) is 0 Å². The summed E-state index contributed by atoms with van der Waals surface area (Å²) in [7, 11) is 0. The zero-order chi connectivity index (χ0) is 13.0. The van der Waals surface area contributed by atoms with Crippen LogP contribution in [0.15, 0.2) is 30.3 Å². The van der Waals surface area contributed by atoms with Gasteiger partial charge in [0.2, 0.25) is 11.8 Å². The first-order valence-electron chi connectivity index (χ1n) is 5.37. The molecule has 5 nitrogen and oxygen atoms in total. The van der Waals surface area contributed by atoms with E-state index in [0.29, 0.717) is 23.5 Å². The average molecular weight is 265 g/mol. The molecule has 2 rings (SSSR count). The Bertz CT molecular complexity index is 547. The zero-order valence-corrected chi connectivity index (χ0v) is 10.6. The second-order valence-corrected chi connectivity index (χ2v) is 4.10. The molecule has 0 bridgehead atoms. The Morgan fingerprint density at radius 1 is 1.33 bits per heavy atom. The van der Waals surface area contributed by atoms with Crippen LogP contribution in [0, 0.1) is 6.92 Å². The standard InChI is InChI=1S/C12H13ClN4O/c1-8-6-11(16-12(15-8)17-14)18-7-9-4-2-3-5-10(9)13/h2-6H,7,14H2,1H3,(H,15,16,17). The lowest BCUT2D eigenvalue weighted by molar-refractivity contribution is 0.293.